The van der Waals surface area contributed by atoms with Gasteiger partial charge in [-0.1, -0.05) is 11.6 Å². The molecule has 2 aliphatic heterocycles. The summed E-state index contributed by atoms with van der Waals surface area (Å²) < 4.78 is 0. The van der Waals surface area contributed by atoms with Gasteiger partial charge in [0, 0.05) is 32.6 Å². The Morgan fingerprint density at radius 2 is 2.21 bits per heavy atom. The zero-order valence-electron chi connectivity index (χ0n) is 11.1. The second kappa shape index (κ2) is 5.33. The fourth-order valence-corrected chi connectivity index (χ4v) is 3.01. The lowest BCUT2D eigenvalue weighted by Gasteiger charge is -2.35. The number of aromatic nitrogens is 2. The number of rotatable bonds is 2. The number of aliphatic imine (C=N–C) groups is 1. The van der Waals surface area contributed by atoms with Gasteiger partial charge in [0.05, 0.1) is 18.9 Å². The van der Waals surface area contributed by atoms with Gasteiger partial charge in [-0.15, -0.1) is 0 Å². The standard InChI is InChI=1S/C13H18ClN5/c1-18-6-4-16-13(18)10-3-2-5-19(9-10)12-8-15-7-11(14)17-12/h7-8,10H,2-6,9H2,1H3. The molecular weight excluding hydrogens is 262 g/mol. The van der Waals surface area contributed by atoms with E-state index >= 15 is 0 Å². The van der Waals surface area contributed by atoms with E-state index in [1.54, 1.807) is 12.4 Å². The van der Waals surface area contributed by atoms with Crippen molar-refractivity contribution in [2.75, 3.05) is 38.1 Å². The highest BCUT2D eigenvalue weighted by Gasteiger charge is 2.28. The van der Waals surface area contributed by atoms with Gasteiger partial charge in [-0.2, -0.15) is 0 Å². The Morgan fingerprint density at radius 1 is 1.32 bits per heavy atom. The molecule has 5 nitrogen and oxygen atoms in total. The summed E-state index contributed by atoms with van der Waals surface area (Å²) in [5, 5.41) is 0.454. The lowest BCUT2D eigenvalue weighted by Crippen LogP contribution is -2.42. The molecule has 19 heavy (non-hydrogen) atoms. The van der Waals surface area contributed by atoms with Crippen LogP contribution in [0.4, 0.5) is 5.82 Å². The number of halogens is 1. The number of likely N-dealkylation sites (N-methyl/N-ethyl adjacent to an activating group) is 1. The van der Waals surface area contributed by atoms with Gasteiger partial charge in [0.15, 0.2) is 0 Å². The Kier molecular flexibility index (Phi) is 3.55. The molecule has 1 fully saturated rings. The number of amidine groups is 1. The predicted molar refractivity (Wildman–Crippen MR) is 76.9 cm³/mol. The maximum Gasteiger partial charge on any atom is 0.149 e. The molecule has 0 spiro atoms. The zero-order chi connectivity index (χ0) is 13.2. The summed E-state index contributed by atoms with van der Waals surface area (Å²) in [5.41, 5.74) is 0. The molecule has 3 rings (SSSR count). The smallest absolute Gasteiger partial charge is 0.149 e. The number of nitrogens with zero attached hydrogens (tertiary/aromatic N) is 5. The van der Waals surface area contributed by atoms with Crippen molar-refractivity contribution in [3.8, 4) is 0 Å². The Labute approximate surface area is 118 Å². The molecule has 0 N–H and O–H groups in total. The Balaban J connectivity index is 1.75. The molecule has 0 aliphatic carbocycles. The first-order valence-electron chi connectivity index (χ1n) is 6.72. The molecular formula is C13H18ClN5. The van der Waals surface area contributed by atoms with Gasteiger partial charge in [0.2, 0.25) is 0 Å². The molecule has 0 saturated carbocycles. The van der Waals surface area contributed by atoms with Gasteiger partial charge >= 0.3 is 0 Å². The van der Waals surface area contributed by atoms with E-state index in [2.05, 4.69) is 31.8 Å². The van der Waals surface area contributed by atoms with Crippen molar-refractivity contribution in [2.24, 2.45) is 10.9 Å². The molecule has 1 aromatic rings. The van der Waals surface area contributed by atoms with Gasteiger partial charge in [-0.25, -0.2) is 4.98 Å². The van der Waals surface area contributed by atoms with Gasteiger partial charge in [-0.05, 0) is 12.8 Å². The van der Waals surface area contributed by atoms with Crippen LogP contribution in [0.25, 0.3) is 0 Å². The van der Waals surface area contributed by atoms with E-state index in [9.17, 15) is 0 Å². The third-order valence-electron chi connectivity index (χ3n) is 3.80. The second-order valence-corrected chi connectivity index (χ2v) is 5.53. The summed E-state index contributed by atoms with van der Waals surface area (Å²) in [5.74, 6) is 2.63. The fraction of sp³-hybridized carbons (Fsp3) is 0.615. The highest BCUT2D eigenvalue weighted by atomic mass is 35.5. The zero-order valence-corrected chi connectivity index (χ0v) is 11.8. The van der Waals surface area contributed by atoms with E-state index in [4.69, 9.17) is 11.6 Å². The average molecular weight is 280 g/mol. The summed E-state index contributed by atoms with van der Waals surface area (Å²) in [4.78, 5) is 17.7. The predicted octanol–water partition coefficient (Wildman–Crippen LogP) is 1.69. The minimum absolute atomic E-state index is 0.454. The molecule has 3 heterocycles. The summed E-state index contributed by atoms with van der Waals surface area (Å²) in [7, 11) is 2.13. The maximum atomic E-state index is 5.92. The Hall–Kier alpha value is -1.36. The van der Waals surface area contributed by atoms with Crippen LogP contribution in [0.15, 0.2) is 17.4 Å². The average Bonchev–Trinajstić information content (AvgIpc) is 2.85. The molecule has 0 aromatic carbocycles. The van der Waals surface area contributed by atoms with Gasteiger partial charge in [0.25, 0.3) is 0 Å². The van der Waals surface area contributed by atoms with E-state index < -0.39 is 0 Å². The first-order chi connectivity index (χ1) is 9.24. The third kappa shape index (κ3) is 2.66. The van der Waals surface area contributed by atoms with Crippen molar-refractivity contribution in [1.29, 1.82) is 0 Å². The van der Waals surface area contributed by atoms with E-state index in [1.807, 2.05) is 0 Å². The molecule has 102 valence electrons. The maximum absolute atomic E-state index is 5.92. The van der Waals surface area contributed by atoms with Crippen molar-refractivity contribution < 1.29 is 0 Å². The highest BCUT2D eigenvalue weighted by Crippen LogP contribution is 2.24. The fourth-order valence-electron chi connectivity index (χ4n) is 2.87. The van der Waals surface area contributed by atoms with Crippen LogP contribution in [0.5, 0.6) is 0 Å². The van der Waals surface area contributed by atoms with Crippen LogP contribution < -0.4 is 4.90 Å². The van der Waals surface area contributed by atoms with Crippen LogP contribution in [0, 0.1) is 5.92 Å². The summed E-state index contributed by atoms with van der Waals surface area (Å²) in [6.07, 6.45) is 5.72. The number of piperidine rings is 1. The topological polar surface area (TPSA) is 44.6 Å². The van der Waals surface area contributed by atoms with E-state index in [1.165, 1.54) is 12.3 Å². The van der Waals surface area contributed by atoms with Crippen molar-refractivity contribution in [2.45, 2.75) is 12.8 Å². The monoisotopic (exact) mass is 279 g/mol. The van der Waals surface area contributed by atoms with Crippen molar-refractivity contribution in [3.05, 3.63) is 17.5 Å². The lowest BCUT2D eigenvalue weighted by molar-refractivity contribution is 0.451. The normalized spacial score (nSPS) is 23.7. The minimum Gasteiger partial charge on any atom is -0.361 e. The Morgan fingerprint density at radius 3 is 2.95 bits per heavy atom. The largest absolute Gasteiger partial charge is 0.361 e. The molecule has 0 amide bonds. The van der Waals surface area contributed by atoms with Crippen LogP contribution in [-0.2, 0) is 0 Å². The van der Waals surface area contributed by atoms with Crippen molar-refractivity contribution >= 4 is 23.3 Å². The second-order valence-electron chi connectivity index (χ2n) is 5.15. The number of hydrogen-bond acceptors (Lipinski definition) is 5. The molecule has 0 radical (unpaired) electrons. The quantitative estimate of drug-likeness (QED) is 0.826. The minimum atomic E-state index is 0.454. The first-order valence-corrected chi connectivity index (χ1v) is 7.10. The lowest BCUT2D eigenvalue weighted by atomic mass is 9.96. The van der Waals surface area contributed by atoms with E-state index in [-0.39, 0.29) is 0 Å². The van der Waals surface area contributed by atoms with E-state index in [0.29, 0.717) is 11.1 Å². The van der Waals surface area contributed by atoms with Crippen LogP contribution >= 0.6 is 11.6 Å². The summed E-state index contributed by atoms with van der Waals surface area (Å²) in [6, 6.07) is 0. The molecule has 1 atom stereocenters. The van der Waals surface area contributed by atoms with Crippen molar-refractivity contribution in [1.82, 2.24) is 14.9 Å². The van der Waals surface area contributed by atoms with Crippen LogP contribution in [0.2, 0.25) is 5.15 Å². The van der Waals surface area contributed by atoms with Crippen molar-refractivity contribution in [3.63, 3.8) is 0 Å². The van der Waals surface area contributed by atoms with Gasteiger partial charge in [-0.3, -0.25) is 9.98 Å². The Bertz CT molecular complexity index is 490. The molecule has 6 heteroatoms. The SMILES string of the molecule is CN1CCN=C1C1CCCN(c2cncc(Cl)n2)C1. The summed E-state index contributed by atoms with van der Waals surface area (Å²) >= 11 is 5.92. The molecule has 1 aromatic heterocycles. The van der Waals surface area contributed by atoms with E-state index in [0.717, 1.165) is 38.4 Å². The molecule has 1 saturated heterocycles. The van der Waals surface area contributed by atoms with Gasteiger partial charge < -0.3 is 9.80 Å². The third-order valence-corrected chi connectivity index (χ3v) is 3.99. The molecule has 1 unspecified atom stereocenters. The highest BCUT2D eigenvalue weighted by molar-refractivity contribution is 6.29. The molecule has 2 aliphatic rings. The van der Waals surface area contributed by atoms with Crippen LogP contribution in [-0.4, -0.2) is 53.9 Å². The first kappa shape index (κ1) is 12.7. The van der Waals surface area contributed by atoms with Crippen LogP contribution in [0.3, 0.4) is 0 Å². The van der Waals surface area contributed by atoms with Crippen LogP contribution in [0.1, 0.15) is 12.8 Å². The number of hydrogen-bond donors (Lipinski definition) is 0. The number of anilines is 1. The molecule has 0 bridgehead atoms. The van der Waals surface area contributed by atoms with Gasteiger partial charge in [0.1, 0.15) is 16.8 Å². The summed E-state index contributed by atoms with van der Waals surface area (Å²) in [6.45, 7) is 3.95.